The summed E-state index contributed by atoms with van der Waals surface area (Å²) in [5.74, 6) is -14.8. The molecule has 5 atom stereocenters. The Balaban J connectivity index is 1.67. The number of aromatic nitrogens is 1. The smallest absolute Gasteiger partial charge is 0.434 e. The molecule has 1 aromatic carbocycles. The summed E-state index contributed by atoms with van der Waals surface area (Å²) in [5, 5.41) is 22.3. The van der Waals surface area contributed by atoms with E-state index >= 15 is 0 Å². The highest BCUT2D eigenvalue weighted by atomic mass is 16.9. The molecule has 5 unspecified atom stereocenters. The lowest BCUT2D eigenvalue weighted by Gasteiger charge is -2.57. The van der Waals surface area contributed by atoms with Gasteiger partial charge in [-0.3, -0.25) is 19.2 Å². The van der Waals surface area contributed by atoms with Gasteiger partial charge < -0.3 is 43.7 Å². The highest BCUT2D eigenvalue weighted by Gasteiger charge is 2.83. The van der Waals surface area contributed by atoms with Gasteiger partial charge >= 0.3 is 47.5 Å². The standard InChI is InChI=1S/C24H18N2O14/c1-20-17-16(10-4-2-3-5-11(10)25-17)23-24(37-14(29)8-21(33,18(31)39-23)7-13(28)36-23)26(20)40-19(32)22(34,6-12(27)35-20)9-15(30)38-24/h2-5,25,33-34H,6-9H2,1H3. The Morgan fingerprint density at radius 3 is 1.95 bits per heavy atom. The van der Waals surface area contributed by atoms with E-state index < -0.39 is 90.1 Å². The minimum absolute atomic E-state index is 0.152. The molecule has 0 saturated carbocycles. The van der Waals surface area contributed by atoms with Crippen LogP contribution in [-0.2, 0) is 68.8 Å². The molecule has 6 heterocycles. The summed E-state index contributed by atoms with van der Waals surface area (Å²) in [5.41, 5.74) is -8.11. The quantitative estimate of drug-likeness (QED) is 0.253. The molecule has 16 nitrogen and oxygen atoms in total. The minimum Gasteiger partial charge on any atom is -0.434 e. The second-order valence-electron chi connectivity index (χ2n) is 10.3. The van der Waals surface area contributed by atoms with E-state index in [1.807, 2.05) is 0 Å². The third kappa shape index (κ3) is 2.79. The molecule has 0 amide bonds. The Labute approximate surface area is 221 Å². The average Bonchev–Trinajstić information content (AvgIpc) is 3.21. The molecular formula is C24H18N2O14. The van der Waals surface area contributed by atoms with Crippen LogP contribution in [0.5, 0.6) is 0 Å². The number of hydroxylamine groups is 2. The molecule has 7 rings (SSSR count). The summed E-state index contributed by atoms with van der Waals surface area (Å²) in [6, 6.07) is 6.18. The molecule has 208 valence electrons. The average molecular weight is 558 g/mol. The van der Waals surface area contributed by atoms with Gasteiger partial charge in [0.05, 0.1) is 36.9 Å². The lowest BCUT2D eigenvalue weighted by Crippen LogP contribution is -2.79. The fraction of sp³-hybridized carbons (Fsp3) is 0.417. The number of carbonyl (C=O) groups is 6. The normalized spacial score (nSPS) is 38.9. The van der Waals surface area contributed by atoms with Crippen molar-refractivity contribution in [3.05, 3.63) is 35.5 Å². The molecular weight excluding hydrogens is 540 g/mol. The highest BCUT2D eigenvalue weighted by Crippen LogP contribution is 2.60. The Bertz CT molecular complexity index is 1620. The fourth-order valence-electron chi connectivity index (χ4n) is 5.83. The van der Waals surface area contributed by atoms with Gasteiger partial charge in [-0.1, -0.05) is 18.2 Å². The molecule has 4 bridgehead atoms. The number of esters is 5. The molecule has 16 heteroatoms. The largest absolute Gasteiger partial charge is 0.442 e. The molecule has 5 aliphatic rings. The molecule has 4 fully saturated rings. The van der Waals surface area contributed by atoms with Gasteiger partial charge in [0, 0.05) is 10.9 Å². The Kier molecular flexibility index (Phi) is 4.38. The van der Waals surface area contributed by atoms with Crippen LogP contribution in [0.2, 0.25) is 0 Å². The maximum atomic E-state index is 13.4. The van der Waals surface area contributed by atoms with Crippen LogP contribution >= 0.6 is 0 Å². The van der Waals surface area contributed by atoms with E-state index in [1.165, 1.54) is 13.0 Å². The van der Waals surface area contributed by atoms with Crippen molar-refractivity contribution in [2.45, 2.75) is 61.2 Å². The number of hydrogen-bond acceptors (Lipinski definition) is 15. The number of aliphatic hydroxyl groups is 2. The number of fused-ring (bicyclic) bond motifs is 8. The molecule has 0 aliphatic carbocycles. The van der Waals surface area contributed by atoms with E-state index in [1.54, 1.807) is 18.2 Å². The van der Waals surface area contributed by atoms with Gasteiger partial charge in [-0.2, -0.15) is 0 Å². The number of hydrogen-bond donors (Lipinski definition) is 3. The predicted octanol–water partition coefficient (Wildman–Crippen LogP) is -1.29. The number of benzene rings is 1. The first-order chi connectivity index (χ1) is 18.8. The van der Waals surface area contributed by atoms with Crippen LogP contribution in [0.3, 0.4) is 0 Å². The Morgan fingerprint density at radius 1 is 0.750 bits per heavy atom. The summed E-state index contributed by atoms with van der Waals surface area (Å²) in [4.78, 5) is 88.0. The third-order valence-corrected chi connectivity index (χ3v) is 7.56. The van der Waals surface area contributed by atoms with Crippen LogP contribution in [0.15, 0.2) is 24.3 Å². The van der Waals surface area contributed by atoms with Crippen molar-refractivity contribution >= 4 is 46.7 Å². The maximum absolute atomic E-state index is 13.4. The second-order valence-corrected chi connectivity index (χ2v) is 10.3. The van der Waals surface area contributed by atoms with Gasteiger partial charge in [-0.05, 0) is 18.1 Å². The van der Waals surface area contributed by atoms with Gasteiger partial charge in [0.1, 0.15) is 0 Å². The van der Waals surface area contributed by atoms with Crippen LogP contribution in [0.1, 0.15) is 43.9 Å². The van der Waals surface area contributed by atoms with Crippen molar-refractivity contribution in [1.29, 1.82) is 0 Å². The number of ether oxygens (including phenoxy) is 5. The zero-order valence-corrected chi connectivity index (χ0v) is 20.4. The van der Waals surface area contributed by atoms with E-state index in [9.17, 15) is 39.0 Å². The summed E-state index contributed by atoms with van der Waals surface area (Å²) < 4.78 is 28.2. The van der Waals surface area contributed by atoms with Gasteiger partial charge in [0.15, 0.2) is 11.2 Å². The summed E-state index contributed by atoms with van der Waals surface area (Å²) in [6.45, 7) is 1.17. The summed E-state index contributed by atoms with van der Waals surface area (Å²) >= 11 is 0. The second kappa shape index (κ2) is 7.15. The minimum atomic E-state index is -3.32. The number of para-hydroxylation sites is 1. The monoisotopic (exact) mass is 558 g/mol. The number of nitrogens with zero attached hydrogens (tertiary/aromatic N) is 1. The number of aromatic amines is 1. The van der Waals surface area contributed by atoms with Gasteiger partial charge in [-0.15, -0.1) is 0 Å². The molecule has 40 heavy (non-hydrogen) atoms. The molecule has 3 N–H and O–H groups in total. The van der Waals surface area contributed by atoms with Crippen molar-refractivity contribution in [3.63, 3.8) is 0 Å². The lowest BCUT2D eigenvalue weighted by molar-refractivity contribution is -0.514. The SMILES string of the molecule is CC12OC(=O)CC3(O)CC(=O)OC4(OC(=O)CC5(O)CC(=O)OC4(OC5=O)c4c1[nH]c1ccccc41)N2OC3=O. The van der Waals surface area contributed by atoms with E-state index in [2.05, 4.69) is 4.98 Å². The molecule has 0 radical (unpaired) electrons. The third-order valence-electron chi connectivity index (χ3n) is 7.56. The van der Waals surface area contributed by atoms with Gasteiger partial charge in [-0.25, -0.2) is 9.59 Å². The Hall–Kier alpha value is -4.54. The van der Waals surface area contributed by atoms with Crippen molar-refractivity contribution in [1.82, 2.24) is 10.0 Å². The first-order valence-corrected chi connectivity index (χ1v) is 12.0. The first-order valence-electron chi connectivity index (χ1n) is 12.0. The van der Waals surface area contributed by atoms with E-state index in [-0.39, 0.29) is 27.2 Å². The van der Waals surface area contributed by atoms with Crippen molar-refractivity contribution in [2.24, 2.45) is 0 Å². The zero-order chi connectivity index (χ0) is 28.5. The number of rotatable bonds is 0. The van der Waals surface area contributed by atoms with Crippen molar-refractivity contribution < 1.29 is 67.5 Å². The predicted molar refractivity (Wildman–Crippen MR) is 117 cm³/mol. The molecule has 2 spiro atoms. The van der Waals surface area contributed by atoms with Crippen molar-refractivity contribution in [2.75, 3.05) is 0 Å². The van der Waals surface area contributed by atoms with Crippen molar-refractivity contribution in [3.8, 4) is 0 Å². The molecule has 5 aliphatic heterocycles. The van der Waals surface area contributed by atoms with Crippen LogP contribution < -0.4 is 0 Å². The number of H-pyrrole nitrogens is 1. The van der Waals surface area contributed by atoms with Crippen LogP contribution in [0.4, 0.5) is 0 Å². The van der Waals surface area contributed by atoms with E-state index in [4.69, 9.17) is 28.5 Å². The topological polar surface area (TPSA) is 217 Å². The summed E-state index contributed by atoms with van der Waals surface area (Å²) in [7, 11) is 0. The van der Waals surface area contributed by atoms with E-state index in [0.717, 1.165) is 0 Å². The highest BCUT2D eigenvalue weighted by molar-refractivity contribution is 5.96. The van der Waals surface area contributed by atoms with Gasteiger partial charge in [0.2, 0.25) is 5.72 Å². The number of carbonyl (C=O) groups excluding carboxylic acids is 6. The summed E-state index contributed by atoms with van der Waals surface area (Å²) in [6.07, 6.45) is -4.45. The van der Waals surface area contributed by atoms with Crippen LogP contribution in [-0.4, -0.2) is 73.2 Å². The number of nitrogens with one attached hydrogen (secondary N) is 1. The molecule has 4 saturated heterocycles. The molecule has 2 aromatic rings. The fourth-order valence-corrected chi connectivity index (χ4v) is 5.83. The van der Waals surface area contributed by atoms with Gasteiger partial charge in [0.25, 0.3) is 0 Å². The van der Waals surface area contributed by atoms with Crippen LogP contribution in [0, 0.1) is 0 Å². The van der Waals surface area contributed by atoms with Crippen LogP contribution in [0.25, 0.3) is 10.9 Å². The maximum Gasteiger partial charge on any atom is 0.442 e. The lowest BCUT2D eigenvalue weighted by atomic mass is 9.86. The first kappa shape index (κ1) is 24.5. The zero-order valence-electron chi connectivity index (χ0n) is 20.4. The Morgan fingerprint density at radius 2 is 1.30 bits per heavy atom. The molecule has 1 aromatic heterocycles. The van der Waals surface area contributed by atoms with E-state index in [0.29, 0.717) is 0 Å².